The summed E-state index contributed by atoms with van der Waals surface area (Å²) in [6, 6.07) is 19.9. The van der Waals surface area contributed by atoms with Crippen molar-refractivity contribution in [2.75, 3.05) is 5.32 Å². The molecule has 0 unspecified atom stereocenters. The van der Waals surface area contributed by atoms with Crippen molar-refractivity contribution in [1.29, 1.82) is 5.26 Å². The number of benzene rings is 2. The van der Waals surface area contributed by atoms with Crippen LogP contribution in [-0.2, 0) is 6.54 Å². The highest BCUT2D eigenvalue weighted by Crippen LogP contribution is 2.20. The van der Waals surface area contributed by atoms with Crippen LogP contribution in [0.1, 0.15) is 11.1 Å². The summed E-state index contributed by atoms with van der Waals surface area (Å²) < 4.78 is 0. The molecule has 96 valence electrons. The Morgan fingerprint density at radius 3 is 2.85 bits per heavy atom. The van der Waals surface area contributed by atoms with Crippen LogP contribution >= 0.6 is 0 Å². The van der Waals surface area contributed by atoms with E-state index in [0.29, 0.717) is 12.1 Å². The summed E-state index contributed by atoms with van der Waals surface area (Å²) in [5, 5.41) is 14.5. The van der Waals surface area contributed by atoms with Crippen LogP contribution in [0.25, 0.3) is 10.8 Å². The molecule has 2 aromatic carbocycles. The summed E-state index contributed by atoms with van der Waals surface area (Å²) in [6.07, 6.45) is 1.80. The highest BCUT2D eigenvalue weighted by atomic mass is 15.0. The van der Waals surface area contributed by atoms with E-state index in [4.69, 9.17) is 5.26 Å². The summed E-state index contributed by atoms with van der Waals surface area (Å²) in [7, 11) is 0. The minimum absolute atomic E-state index is 0.649. The predicted octanol–water partition coefficient (Wildman–Crippen LogP) is 3.72. The molecule has 0 aliphatic heterocycles. The van der Waals surface area contributed by atoms with E-state index < -0.39 is 0 Å². The topological polar surface area (TPSA) is 48.7 Å². The number of fused-ring (bicyclic) bond motifs is 1. The highest BCUT2D eigenvalue weighted by molar-refractivity contribution is 5.91. The first-order valence-electron chi connectivity index (χ1n) is 6.43. The van der Waals surface area contributed by atoms with Crippen LogP contribution in [0.4, 0.5) is 5.82 Å². The Kier molecular flexibility index (Phi) is 3.30. The number of nitriles is 1. The van der Waals surface area contributed by atoms with E-state index >= 15 is 0 Å². The summed E-state index contributed by atoms with van der Waals surface area (Å²) >= 11 is 0. The van der Waals surface area contributed by atoms with E-state index in [-0.39, 0.29) is 0 Å². The van der Waals surface area contributed by atoms with Crippen LogP contribution in [0.3, 0.4) is 0 Å². The molecular weight excluding hydrogens is 246 g/mol. The van der Waals surface area contributed by atoms with Crippen LogP contribution in [0.15, 0.2) is 60.8 Å². The Morgan fingerprint density at radius 1 is 1.05 bits per heavy atom. The minimum Gasteiger partial charge on any atom is -0.365 e. The summed E-state index contributed by atoms with van der Waals surface area (Å²) in [5.41, 5.74) is 1.74. The van der Waals surface area contributed by atoms with Crippen molar-refractivity contribution in [3.8, 4) is 6.07 Å². The maximum Gasteiger partial charge on any atom is 0.134 e. The first-order valence-corrected chi connectivity index (χ1v) is 6.43. The molecule has 1 heterocycles. The van der Waals surface area contributed by atoms with Gasteiger partial charge in [0.1, 0.15) is 5.82 Å². The number of nitrogens with one attached hydrogen (secondary N) is 1. The first-order chi connectivity index (χ1) is 9.86. The van der Waals surface area contributed by atoms with E-state index in [1.807, 2.05) is 36.4 Å². The Morgan fingerprint density at radius 2 is 1.95 bits per heavy atom. The zero-order chi connectivity index (χ0) is 13.8. The van der Waals surface area contributed by atoms with Gasteiger partial charge in [-0.3, -0.25) is 0 Å². The van der Waals surface area contributed by atoms with Gasteiger partial charge in [-0.05, 0) is 29.1 Å². The van der Waals surface area contributed by atoms with E-state index in [2.05, 4.69) is 28.5 Å². The molecule has 0 radical (unpaired) electrons. The lowest BCUT2D eigenvalue weighted by Gasteiger charge is -2.08. The average molecular weight is 259 g/mol. The lowest BCUT2D eigenvalue weighted by molar-refractivity contribution is 1.12. The van der Waals surface area contributed by atoms with Crippen LogP contribution in [0, 0.1) is 11.3 Å². The Bertz CT molecular complexity index is 782. The molecule has 0 aliphatic rings. The second-order valence-electron chi connectivity index (χ2n) is 4.55. The molecule has 0 aliphatic carbocycles. The number of hydrogen-bond donors (Lipinski definition) is 1. The van der Waals surface area contributed by atoms with Crippen molar-refractivity contribution < 1.29 is 0 Å². The van der Waals surface area contributed by atoms with Crippen molar-refractivity contribution >= 4 is 16.6 Å². The van der Waals surface area contributed by atoms with Gasteiger partial charge < -0.3 is 5.32 Å². The van der Waals surface area contributed by atoms with Crippen molar-refractivity contribution in [3.05, 3.63) is 71.9 Å². The fraction of sp³-hybridized carbons (Fsp3) is 0.0588. The zero-order valence-electron chi connectivity index (χ0n) is 10.9. The Labute approximate surface area is 117 Å². The van der Waals surface area contributed by atoms with Gasteiger partial charge in [0, 0.05) is 18.1 Å². The van der Waals surface area contributed by atoms with E-state index in [1.54, 1.807) is 12.3 Å². The van der Waals surface area contributed by atoms with E-state index in [0.717, 1.165) is 22.2 Å². The molecular formula is C17H13N3. The van der Waals surface area contributed by atoms with Crippen LogP contribution < -0.4 is 5.32 Å². The lowest BCUT2D eigenvalue weighted by Crippen LogP contribution is -2.02. The first kappa shape index (κ1) is 12.2. The molecule has 0 saturated heterocycles. The van der Waals surface area contributed by atoms with Crippen LogP contribution in [0.5, 0.6) is 0 Å². The minimum atomic E-state index is 0.649. The molecule has 0 bridgehead atoms. The van der Waals surface area contributed by atoms with Crippen molar-refractivity contribution in [1.82, 2.24) is 4.98 Å². The molecule has 3 heteroatoms. The van der Waals surface area contributed by atoms with Gasteiger partial charge in [-0.2, -0.15) is 5.26 Å². The third kappa shape index (κ3) is 2.45. The Hall–Kier alpha value is -2.86. The largest absolute Gasteiger partial charge is 0.365 e. The second-order valence-corrected chi connectivity index (χ2v) is 4.55. The van der Waals surface area contributed by atoms with Gasteiger partial charge in [-0.25, -0.2) is 4.98 Å². The normalized spacial score (nSPS) is 10.2. The second kappa shape index (κ2) is 5.41. The molecule has 0 fully saturated rings. The fourth-order valence-electron chi connectivity index (χ4n) is 2.20. The molecule has 3 nitrogen and oxygen atoms in total. The number of aromatic nitrogens is 1. The third-order valence-electron chi connectivity index (χ3n) is 3.19. The van der Waals surface area contributed by atoms with Gasteiger partial charge in [0.25, 0.3) is 0 Å². The number of rotatable bonds is 3. The quantitative estimate of drug-likeness (QED) is 0.779. The number of nitrogens with zero attached hydrogens (tertiary/aromatic N) is 2. The monoisotopic (exact) mass is 259 g/mol. The number of hydrogen-bond acceptors (Lipinski definition) is 3. The number of anilines is 1. The maximum absolute atomic E-state index is 8.91. The standard InChI is InChI=1S/C17H13N3/c18-11-13-4-3-5-14(10-13)12-20-17-16-7-2-1-6-15(16)8-9-19-17/h1-10H,12H2,(H,19,20). The van der Waals surface area contributed by atoms with Gasteiger partial charge in [-0.15, -0.1) is 0 Å². The van der Waals surface area contributed by atoms with E-state index in [9.17, 15) is 0 Å². The molecule has 0 saturated carbocycles. The average Bonchev–Trinajstić information content (AvgIpc) is 2.53. The molecule has 0 atom stereocenters. The SMILES string of the molecule is N#Cc1cccc(CNc2nccc3ccccc23)c1. The Balaban J connectivity index is 1.85. The van der Waals surface area contributed by atoms with Crippen LogP contribution in [0.2, 0.25) is 0 Å². The summed E-state index contributed by atoms with van der Waals surface area (Å²) in [4.78, 5) is 4.39. The predicted molar refractivity (Wildman–Crippen MR) is 80.2 cm³/mol. The smallest absolute Gasteiger partial charge is 0.134 e. The van der Waals surface area contributed by atoms with Gasteiger partial charge >= 0.3 is 0 Å². The molecule has 0 spiro atoms. The van der Waals surface area contributed by atoms with Gasteiger partial charge in [0.15, 0.2) is 0 Å². The summed E-state index contributed by atoms with van der Waals surface area (Å²) in [5.74, 6) is 0.866. The van der Waals surface area contributed by atoms with Crippen LogP contribution in [-0.4, -0.2) is 4.98 Å². The van der Waals surface area contributed by atoms with Crippen molar-refractivity contribution in [3.63, 3.8) is 0 Å². The molecule has 3 aromatic rings. The lowest BCUT2D eigenvalue weighted by atomic mass is 10.1. The summed E-state index contributed by atoms with van der Waals surface area (Å²) in [6.45, 7) is 0.649. The molecule has 0 amide bonds. The zero-order valence-corrected chi connectivity index (χ0v) is 10.9. The fourth-order valence-corrected chi connectivity index (χ4v) is 2.20. The third-order valence-corrected chi connectivity index (χ3v) is 3.19. The van der Waals surface area contributed by atoms with Gasteiger partial charge in [-0.1, -0.05) is 36.4 Å². The molecule has 1 aromatic heterocycles. The molecule has 1 N–H and O–H groups in total. The van der Waals surface area contributed by atoms with Gasteiger partial charge in [0.05, 0.1) is 11.6 Å². The van der Waals surface area contributed by atoms with Gasteiger partial charge in [0.2, 0.25) is 0 Å². The van der Waals surface area contributed by atoms with E-state index in [1.165, 1.54) is 0 Å². The number of pyridine rings is 1. The maximum atomic E-state index is 8.91. The molecule has 20 heavy (non-hydrogen) atoms. The van der Waals surface area contributed by atoms with Crippen molar-refractivity contribution in [2.24, 2.45) is 0 Å². The highest BCUT2D eigenvalue weighted by Gasteiger charge is 2.01. The van der Waals surface area contributed by atoms with Crippen molar-refractivity contribution in [2.45, 2.75) is 6.54 Å². The molecule has 3 rings (SSSR count).